The van der Waals surface area contributed by atoms with Crippen LogP contribution in [0.3, 0.4) is 0 Å². The van der Waals surface area contributed by atoms with Gasteiger partial charge in [0.15, 0.2) is 0 Å². The molecule has 0 saturated carbocycles. The third-order valence-corrected chi connectivity index (χ3v) is 3.20. The number of nitrogens with one attached hydrogen (secondary N) is 1. The molecule has 1 saturated heterocycles. The predicted molar refractivity (Wildman–Crippen MR) is 64.2 cm³/mol. The Morgan fingerprint density at radius 2 is 2.18 bits per heavy atom. The summed E-state index contributed by atoms with van der Waals surface area (Å²) in [5, 5.41) is 11.9. The molecule has 1 aromatic carbocycles. The molecule has 0 aliphatic carbocycles. The Morgan fingerprint density at radius 3 is 2.71 bits per heavy atom. The lowest BCUT2D eigenvalue weighted by Crippen LogP contribution is -2.29. The average Bonchev–Trinajstić information content (AvgIpc) is 2.79. The topological polar surface area (TPSA) is 58.6 Å². The Morgan fingerprint density at radius 1 is 1.47 bits per heavy atom. The highest BCUT2D eigenvalue weighted by Crippen LogP contribution is 2.20. The van der Waals surface area contributed by atoms with Crippen LogP contribution in [0, 0.1) is 5.92 Å². The van der Waals surface area contributed by atoms with Crippen LogP contribution in [-0.4, -0.2) is 30.8 Å². The van der Waals surface area contributed by atoms with Crippen LogP contribution in [0.5, 0.6) is 5.75 Å². The van der Waals surface area contributed by atoms with E-state index in [1.165, 1.54) is 5.56 Å². The first-order chi connectivity index (χ1) is 8.19. The van der Waals surface area contributed by atoms with Gasteiger partial charge in [-0.2, -0.15) is 0 Å². The summed E-state index contributed by atoms with van der Waals surface area (Å²) in [6.45, 7) is 0.781. The second kappa shape index (κ2) is 5.19. The van der Waals surface area contributed by atoms with E-state index in [0.29, 0.717) is 12.3 Å². The van der Waals surface area contributed by atoms with Gasteiger partial charge in [-0.15, -0.1) is 0 Å². The lowest BCUT2D eigenvalue weighted by molar-refractivity contribution is -0.139. The number of ether oxygens (including phenoxy) is 1. The van der Waals surface area contributed by atoms with Gasteiger partial charge in [0.2, 0.25) is 0 Å². The van der Waals surface area contributed by atoms with Crippen LogP contribution in [0.2, 0.25) is 0 Å². The summed E-state index contributed by atoms with van der Waals surface area (Å²) in [5.41, 5.74) is 1.23. The molecule has 1 aliphatic rings. The summed E-state index contributed by atoms with van der Waals surface area (Å²) < 4.78 is 5.10. The minimum absolute atomic E-state index is 0.377. The number of benzene rings is 1. The Labute approximate surface area is 101 Å². The van der Waals surface area contributed by atoms with Crippen molar-refractivity contribution in [2.75, 3.05) is 13.7 Å². The zero-order valence-electron chi connectivity index (χ0n) is 9.85. The average molecular weight is 235 g/mol. The molecule has 1 aromatic rings. The fourth-order valence-corrected chi connectivity index (χ4v) is 2.25. The van der Waals surface area contributed by atoms with Gasteiger partial charge in [-0.1, -0.05) is 12.1 Å². The van der Waals surface area contributed by atoms with E-state index in [1.54, 1.807) is 7.11 Å². The predicted octanol–water partition coefficient (Wildman–Crippen LogP) is 1.30. The van der Waals surface area contributed by atoms with Crippen LogP contribution < -0.4 is 10.1 Å². The van der Waals surface area contributed by atoms with Gasteiger partial charge in [-0.3, -0.25) is 4.79 Å². The maximum atomic E-state index is 10.8. The van der Waals surface area contributed by atoms with E-state index >= 15 is 0 Å². The summed E-state index contributed by atoms with van der Waals surface area (Å²) in [6.07, 6.45) is 1.63. The first-order valence-corrected chi connectivity index (χ1v) is 5.78. The Bertz CT molecular complexity index is 388. The highest BCUT2D eigenvalue weighted by Gasteiger charge is 2.28. The van der Waals surface area contributed by atoms with Gasteiger partial charge in [-0.25, -0.2) is 0 Å². The fourth-order valence-electron chi connectivity index (χ4n) is 2.25. The van der Waals surface area contributed by atoms with Crippen molar-refractivity contribution in [3.05, 3.63) is 29.8 Å². The quantitative estimate of drug-likeness (QED) is 0.826. The van der Waals surface area contributed by atoms with Gasteiger partial charge in [0.05, 0.1) is 7.11 Å². The molecule has 2 rings (SSSR count). The highest BCUT2D eigenvalue weighted by molar-refractivity contribution is 5.73. The van der Waals surface area contributed by atoms with E-state index in [4.69, 9.17) is 9.84 Å². The molecule has 0 bridgehead atoms. The fraction of sp³-hybridized carbons (Fsp3) is 0.462. The molecule has 4 heteroatoms. The third-order valence-electron chi connectivity index (χ3n) is 3.20. The van der Waals surface area contributed by atoms with Crippen LogP contribution in [0.1, 0.15) is 12.0 Å². The molecule has 1 aliphatic heterocycles. The SMILES string of the molecule is COc1ccc(CC2CNC(C(=O)O)C2)cc1. The van der Waals surface area contributed by atoms with Gasteiger partial charge in [-0.05, 0) is 43.0 Å². The maximum absolute atomic E-state index is 10.8. The number of hydrogen-bond acceptors (Lipinski definition) is 3. The van der Waals surface area contributed by atoms with Crippen molar-refractivity contribution in [1.82, 2.24) is 5.32 Å². The zero-order chi connectivity index (χ0) is 12.3. The molecule has 4 nitrogen and oxygen atoms in total. The Hall–Kier alpha value is -1.55. The molecule has 2 N–H and O–H groups in total. The number of aliphatic carboxylic acids is 1. The lowest BCUT2D eigenvalue weighted by atomic mass is 9.97. The van der Waals surface area contributed by atoms with Crippen LogP contribution in [-0.2, 0) is 11.2 Å². The standard InChI is InChI=1S/C13H17NO3/c1-17-11-4-2-9(3-5-11)6-10-7-12(13(15)16)14-8-10/h2-5,10,12,14H,6-8H2,1H3,(H,15,16). The molecular formula is C13H17NO3. The lowest BCUT2D eigenvalue weighted by Gasteiger charge is -2.09. The number of rotatable bonds is 4. The number of methoxy groups -OCH3 is 1. The van der Waals surface area contributed by atoms with E-state index in [-0.39, 0.29) is 6.04 Å². The summed E-state index contributed by atoms with van der Waals surface area (Å²) in [5.74, 6) is 0.508. The molecule has 0 amide bonds. The first-order valence-electron chi connectivity index (χ1n) is 5.78. The van der Waals surface area contributed by atoms with Crippen molar-refractivity contribution in [1.29, 1.82) is 0 Å². The molecule has 0 aromatic heterocycles. The van der Waals surface area contributed by atoms with Gasteiger partial charge in [0.1, 0.15) is 11.8 Å². The highest BCUT2D eigenvalue weighted by atomic mass is 16.5. The van der Waals surface area contributed by atoms with E-state index < -0.39 is 5.97 Å². The van der Waals surface area contributed by atoms with Crippen molar-refractivity contribution in [2.45, 2.75) is 18.9 Å². The minimum Gasteiger partial charge on any atom is -0.497 e. The van der Waals surface area contributed by atoms with E-state index in [0.717, 1.165) is 18.7 Å². The number of hydrogen-bond donors (Lipinski definition) is 2. The molecule has 0 radical (unpaired) electrons. The monoisotopic (exact) mass is 235 g/mol. The first kappa shape index (κ1) is 11.9. The van der Waals surface area contributed by atoms with Crippen molar-refractivity contribution >= 4 is 5.97 Å². The summed E-state index contributed by atoms with van der Waals surface area (Å²) >= 11 is 0. The minimum atomic E-state index is -0.748. The molecular weight excluding hydrogens is 218 g/mol. The van der Waals surface area contributed by atoms with E-state index in [2.05, 4.69) is 5.32 Å². The Kier molecular flexibility index (Phi) is 3.64. The van der Waals surface area contributed by atoms with Crippen LogP contribution >= 0.6 is 0 Å². The number of carbonyl (C=O) groups is 1. The van der Waals surface area contributed by atoms with Gasteiger partial charge < -0.3 is 15.2 Å². The van der Waals surface area contributed by atoms with Gasteiger partial charge >= 0.3 is 5.97 Å². The van der Waals surface area contributed by atoms with Gasteiger partial charge in [0, 0.05) is 0 Å². The van der Waals surface area contributed by atoms with Crippen molar-refractivity contribution in [2.24, 2.45) is 5.92 Å². The van der Waals surface area contributed by atoms with Crippen LogP contribution in [0.4, 0.5) is 0 Å². The molecule has 17 heavy (non-hydrogen) atoms. The molecule has 2 atom stereocenters. The molecule has 92 valence electrons. The van der Waals surface area contributed by atoms with Crippen molar-refractivity contribution in [3.8, 4) is 5.75 Å². The smallest absolute Gasteiger partial charge is 0.320 e. The molecule has 1 fully saturated rings. The molecule has 1 heterocycles. The zero-order valence-corrected chi connectivity index (χ0v) is 9.85. The van der Waals surface area contributed by atoms with Crippen molar-refractivity contribution in [3.63, 3.8) is 0 Å². The normalized spacial score (nSPS) is 23.6. The molecule has 2 unspecified atom stereocenters. The number of carboxylic acid groups (broad SMARTS) is 1. The van der Waals surface area contributed by atoms with Crippen LogP contribution in [0.15, 0.2) is 24.3 Å². The second-order valence-corrected chi connectivity index (χ2v) is 4.45. The summed E-state index contributed by atoms with van der Waals surface area (Å²) in [7, 11) is 1.65. The molecule has 0 spiro atoms. The van der Waals surface area contributed by atoms with Crippen LogP contribution in [0.25, 0.3) is 0 Å². The second-order valence-electron chi connectivity index (χ2n) is 4.45. The summed E-state index contributed by atoms with van der Waals surface area (Å²) in [4.78, 5) is 10.8. The summed E-state index contributed by atoms with van der Waals surface area (Å²) in [6, 6.07) is 7.57. The van der Waals surface area contributed by atoms with Crippen molar-refractivity contribution < 1.29 is 14.6 Å². The Balaban J connectivity index is 1.91. The number of carboxylic acids is 1. The van der Waals surface area contributed by atoms with Gasteiger partial charge in [0.25, 0.3) is 0 Å². The largest absolute Gasteiger partial charge is 0.497 e. The van der Waals surface area contributed by atoms with E-state index in [9.17, 15) is 4.79 Å². The third kappa shape index (κ3) is 2.97. The van der Waals surface area contributed by atoms with E-state index in [1.807, 2.05) is 24.3 Å². The maximum Gasteiger partial charge on any atom is 0.320 e.